The lowest BCUT2D eigenvalue weighted by Crippen LogP contribution is -2.28. The van der Waals surface area contributed by atoms with Crippen LogP contribution in [0.3, 0.4) is 0 Å². The highest BCUT2D eigenvalue weighted by atomic mass is 16.6. The zero-order valence-corrected chi connectivity index (χ0v) is 37.2. The zero-order chi connectivity index (χ0) is 45.5. The van der Waals surface area contributed by atoms with Crippen molar-refractivity contribution in [3.8, 4) is 79.4 Å². The minimum atomic E-state index is -0.544. The first-order valence-electron chi connectivity index (χ1n) is 23.3. The van der Waals surface area contributed by atoms with Gasteiger partial charge < -0.3 is 9.47 Å². The lowest BCUT2D eigenvalue weighted by molar-refractivity contribution is 0.360. The number of rotatable bonds is 6. The molecule has 322 valence electrons. The van der Waals surface area contributed by atoms with Crippen molar-refractivity contribution < 1.29 is 9.47 Å². The molecule has 0 saturated heterocycles. The zero-order valence-electron chi connectivity index (χ0n) is 37.2. The molecule has 5 heteroatoms. The van der Waals surface area contributed by atoms with Gasteiger partial charge >= 0.3 is 0 Å². The van der Waals surface area contributed by atoms with E-state index in [-0.39, 0.29) is 0 Å². The standard InChI is InChI=1S/C64H39N3O2/c1-4-17-41(18-5-1)61-65-62(67-63(66-61)43-35-36-51-49-25-11-10-23-47(49)48-24-12-13-26-50(48)53(51)37-43)42-33-31-40(32-34-42)46-28-16-30-57-60(46)69-58-38-54-52-27-14-15-29-55(52)64(44-19-6-2-7-20-44,45-21-8-3-9-22-45)56(54)39-59(58)68-57/h1-39H. The monoisotopic (exact) mass is 881 g/mol. The molecule has 0 atom stereocenters. The van der Waals surface area contributed by atoms with Gasteiger partial charge in [0.2, 0.25) is 0 Å². The second-order valence-electron chi connectivity index (χ2n) is 17.8. The van der Waals surface area contributed by atoms with Gasteiger partial charge in [0.1, 0.15) is 0 Å². The summed E-state index contributed by atoms with van der Waals surface area (Å²) in [7, 11) is 0. The average Bonchev–Trinajstić information content (AvgIpc) is 3.72. The van der Waals surface area contributed by atoms with E-state index in [0.717, 1.165) is 38.8 Å². The number of fused-ring (bicyclic) bond motifs is 11. The van der Waals surface area contributed by atoms with Crippen LogP contribution in [-0.4, -0.2) is 15.0 Å². The summed E-state index contributed by atoms with van der Waals surface area (Å²) in [6.07, 6.45) is 0. The minimum absolute atomic E-state index is 0.544. The molecule has 0 N–H and O–H groups in total. The third-order valence-electron chi connectivity index (χ3n) is 14.1. The fourth-order valence-electron chi connectivity index (χ4n) is 11.0. The number of nitrogens with zero attached hydrogens (tertiary/aromatic N) is 3. The molecule has 1 aliphatic carbocycles. The first kappa shape index (κ1) is 39.0. The van der Waals surface area contributed by atoms with E-state index >= 15 is 0 Å². The largest absolute Gasteiger partial charge is 0.449 e. The lowest BCUT2D eigenvalue weighted by Gasteiger charge is -2.34. The van der Waals surface area contributed by atoms with Gasteiger partial charge in [-0.15, -0.1) is 0 Å². The summed E-state index contributed by atoms with van der Waals surface area (Å²) in [5.41, 5.74) is 11.2. The molecular weight excluding hydrogens is 843 g/mol. The van der Waals surface area contributed by atoms with E-state index in [9.17, 15) is 0 Å². The molecule has 0 amide bonds. The van der Waals surface area contributed by atoms with Crippen LogP contribution >= 0.6 is 0 Å². The second kappa shape index (κ2) is 15.4. The third-order valence-corrected chi connectivity index (χ3v) is 14.1. The number of hydrogen-bond acceptors (Lipinski definition) is 5. The van der Waals surface area contributed by atoms with Gasteiger partial charge in [-0.25, -0.2) is 15.0 Å². The van der Waals surface area contributed by atoms with E-state index in [2.05, 4.69) is 194 Å². The van der Waals surface area contributed by atoms with Gasteiger partial charge in [0, 0.05) is 22.3 Å². The van der Waals surface area contributed by atoms with Crippen molar-refractivity contribution in [1.82, 2.24) is 15.0 Å². The summed E-state index contributed by atoms with van der Waals surface area (Å²) < 4.78 is 13.8. The maximum absolute atomic E-state index is 6.95. The van der Waals surface area contributed by atoms with Crippen molar-refractivity contribution in [2.45, 2.75) is 5.41 Å². The van der Waals surface area contributed by atoms with Crippen LogP contribution in [-0.2, 0) is 5.41 Å². The third kappa shape index (κ3) is 6.07. The topological polar surface area (TPSA) is 57.1 Å². The molecule has 0 radical (unpaired) electrons. The summed E-state index contributed by atoms with van der Waals surface area (Å²) in [5, 5.41) is 7.25. The van der Waals surface area contributed by atoms with Crippen LogP contribution in [0.15, 0.2) is 237 Å². The van der Waals surface area contributed by atoms with Crippen molar-refractivity contribution >= 4 is 32.3 Å². The Labute approximate surface area is 398 Å². The lowest BCUT2D eigenvalue weighted by atomic mass is 9.67. The Hall–Kier alpha value is -9.19. The van der Waals surface area contributed by atoms with Gasteiger partial charge in [-0.05, 0) is 95.5 Å². The highest BCUT2D eigenvalue weighted by molar-refractivity contribution is 6.25. The molecule has 0 spiro atoms. The molecule has 1 aliphatic heterocycles. The SMILES string of the molecule is c1ccc(-c2nc(-c3ccc(-c4cccc5c4Oc4cc6c(cc4O5)C(c4ccccc4)(c4ccccc4)c4ccccc4-6)cc3)nc(-c3ccc4c5ccccc5c5ccccc5c4c3)n2)cc1. The molecular formula is C64H39N3O2. The maximum atomic E-state index is 6.95. The molecule has 2 heterocycles. The number of benzene rings is 11. The van der Waals surface area contributed by atoms with Gasteiger partial charge in [-0.1, -0.05) is 212 Å². The fraction of sp³-hybridized carbons (Fsp3) is 0.0156. The van der Waals surface area contributed by atoms with Crippen LogP contribution in [0.4, 0.5) is 0 Å². The molecule has 0 bridgehead atoms. The molecule has 0 unspecified atom stereocenters. The second-order valence-corrected chi connectivity index (χ2v) is 17.8. The van der Waals surface area contributed by atoms with Crippen LogP contribution < -0.4 is 9.47 Å². The Kier molecular flexibility index (Phi) is 8.73. The van der Waals surface area contributed by atoms with Crippen molar-refractivity contribution in [2.24, 2.45) is 0 Å². The predicted octanol–water partition coefficient (Wildman–Crippen LogP) is 16.3. The van der Waals surface area contributed by atoms with Crippen molar-refractivity contribution in [1.29, 1.82) is 0 Å². The van der Waals surface area contributed by atoms with Gasteiger partial charge in [-0.3, -0.25) is 0 Å². The van der Waals surface area contributed by atoms with Crippen LogP contribution in [0, 0.1) is 0 Å². The summed E-state index contributed by atoms with van der Waals surface area (Å²) in [5.74, 6) is 4.52. The van der Waals surface area contributed by atoms with E-state index in [1.54, 1.807) is 0 Å². The fourth-order valence-corrected chi connectivity index (χ4v) is 11.0. The average molecular weight is 882 g/mol. The van der Waals surface area contributed by atoms with E-state index in [1.807, 2.05) is 42.5 Å². The smallest absolute Gasteiger partial charge is 0.177 e. The highest BCUT2D eigenvalue weighted by Crippen LogP contribution is 2.60. The molecule has 2 aliphatic rings. The van der Waals surface area contributed by atoms with E-state index in [1.165, 1.54) is 54.7 Å². The predicted molar refractivity (Wildman–Crippen MR) is 278 cm³/mol. The van der Waals surface area contributed by atoms with Crippen molar-refractivity contribution in [3.63, 3.8) is 0 Å². The first-order valence-corrected chi connectivity index (χ1v) is 23.3. The number of ether oxygens (including phenoxy) is 2. The van der Waals surface area contributed by atoms with Gasteiger partial charge in [-0.2, -0.15) is 0 Å². The van der Waals surface area contributed by atoms with E-state index < -0.39 is 5.41 Å². The summed E-state index contributed by atoms with van der Waals surface area (Å²) in [6, 6.07) is 83.1. The van der Waals surface area contributed by atoms with Crippen molar-refractivity contribution in [3.05, 3.63) is 259 Å². The Morgan fingerprint density at radius 3 is 1.41 bits per heavy atom. The quantitative estimate of drug-likeness (QED) is 0.156. The summed E-state index contributed by atoms with van der Waals surface area (Å²) >= 11 is 0. The van der Waals surface area contributed by atoms with Crippen LogP contribution in [0.5, 0.6) is 23.0 Å². The summed E-state index contributed by atoms with van der Waals surface area (Å²) in [4.78, 5) is 15.3. The Balaban J connectivity index is 0.849. The maximum Gasteiger partial charge on any atom is 0.177 e. The molecule has 12 aromatic rings. The molecule has 0 saturated carbocycles. The van der Waals surface area contributed by atoms with E-state index in [4.69, 9.17) is 24.4 Å². The highest BCUT2D eigenvalue weighted by Gasteiger charge is 2.47. The van der Waals surface area contributed by atoms with Crippen molar-refractivity contribution in [2.75, 3.05) is 0 Å². The van der Waals surface area contributed by atoms with Crippen LogP contribution in [0.1, 0.15) is 22.3 Å². The van der Waals surface area contributed by atoms with Gasteiger partial charge in [0.05, 0.1) is 5.41 Å². The molecule has 5 nitrogen and oxygen atoms in total. The van der Waals surface area contributed by atoms with E-state index in [0.29, 0.717) is 40.5 Å². The van der Waals surface area contributed by atoms with Crippen LogP contribution in [0.25, 0.3) is 88.7 Å². The Bertz CT molecular complexity index is 3930. The molecule has 69 heavy (non-hydrogen) atoms. The van der Waals surface area contributed by atoms with Crippen LogP contribution in [0.2, 0.25) is 0 Å². The Morgan fingerprint density at radius 2 is 0.754 bits per heavy atom. The minimum Gasteiger partial charge on any atom is -0.449 e. The molecule has 1 aromatic heterocycles. The number of aromatic nitrogens is 3. The molecule has 14 rings (SSSR count). The normalized spacial score (nSPS) is 13.0. The number of para-hydroxylation sites is 1. The van der Waals surface area contributed by atoms with Gasteiger partial charge in [0.25, 0.3) is 0 Å². The first-order chi connectivity index (χ1) is 34.2. The Morgan fingerprint density at radius 1 is 0.275 bits per heavy atom. The number of hydrogen-bond donors (Lipinski definition) is 0. The molecule has 11 aromatic carbocycles. The molecule has 0 fully saturated rings. The summed E-state index contributed by atoms with van der Waals surface area (Å²) in [6.45, 7) is 0. The van der Waals surface area contributed by atoms with Gasteiger partial charge in [0.15, 0.2) is 40.5 Å².